The molecule has 1 atom stereocenters. The summed E-state index contributed by atoms with van der Waals surface area (Å²) in [4.78, 5) is 30.0. The maximum Gasteiger partial charge on any atom is 0.252 e. The van der Waals surface area contributed by atoms with Gasteiger partial charge in [-0.3, -0.25) is 9.59 Å². The van der Waals surface area contributed by atoms with Gasteiger partial charge < -0.3 is 10.6 Å². The lowest BCUT2D eigenvalue weighted by molar-refractivity contribution is -0.122. The molecule has 0 bridgehead atoms. The second kappa shape index (κ2) is 8.86. The number of fused-ring (bicyclic) bond motifs is 1. The SMILES string of the molecule is CCCNC(=O)[C@H](C)NC(=O)c1cc(-c2ccccc2)nc2c1cnn2C(C)C. The van der Waals surface area contributed by atoms with Crippen molar-refractivity contribution in [2.45, 2.75) is 46.2 Å². The molecule has 7 nitrogen and oxygen atoms in total. The number of hydrogen-bond acceptors (Lipinski definition) is 4. The van der Waals surface area contributed by atoms with Crippen molar-refractivity contribution in [2.24, 2.45) is 0 Å². The Balaban J connectivity index is 2.01. The minimum atomic E-state index is -0.641. The third kappa shape index (κ3) is 4.45. The third-order valence-corrected chi connectivity index (χ3v) is 4.66. The Bertz CT molecular complexity index is 1010. The second-order valence-corrected chi connectivity index (χ2v) is 7.33. The molecule has 0 aliphatic rings. The van der Waals surface area contributed by atoms with E-state index in [1.165, 1.54) is 0 Å². The lowest BCUT2D eigenvalue weighted by Crippen LogP contribution is -2.45. The van der Waals surface area contributed by atoms with Gasteiger partial charge in [0.05, 0.1) is 22.8 Å². The smallest absolute Gasteiger partial charge is 0.252 e. The Kier molecular flexibility index (Phi) is 6.26. The first-order valence-electron chi connectivity index (χ1n) is 9.94. The highest BCUT2D eigenvalue weighted by Crippen LogP contribution is 2.26. The number of benzene rings is 1. The average Bonchev–Trinajstić information content (AvgIpc) is 3.16. The maximum atomic E-state index is 13.1. The van der Waals surface area contributed by atoms with Crippen molar-refractivity contribution in [1.82, 2.24) is 25.4 Å². The Morgan fingerprint density at radius 3 is 2.52 bits per heavy atom. The summed E-state index contributed by atoms with van der Waals surface area (Å²) >= 11 is 0. The molecular formula is C22H27N5O2. The van der Waals surface area contributed by atoms with Gasteiger partial charge in [-0.2, -0.15) is 5.10 Å². The van der Waals surface area contributed by atoms with Gasteiger partial charge in [-0.05, 0) is 33.3 Å². The number of rotatable bonds is 7. The van der Waals surface area contributed by atoms with Gasteiger partial charge in [-0.25, -0.2) is 9.67 Å². The van der Waals surface area contributed by atoms with Crippen molar-refractivity contribution in [3.05, 3.63) is 48.2 Å². The zero-order valence-electron chi connectivity index (χ0n) is 17.3. The minimum Gasteiger partial charge on any atom is -0.354 e. The number of nitrogens with zero attached hydrogens (tertiary/aromatic N) is 3. The predicted molar refractivity (Wildman–Crippen MR) is 114 cm³/mol. The first kappa shape index (κ1) is 20.5. The molecule has 3 rings (SSSR count). The summed E-state index contributed by atoms with van der Waals surface area (Å²) < 4.78 is 1.80. The normalized spacial score (nSPS) is 12.2. The Labute approximate surface area is 170 Å². The summed E-state index contributed by atoms with van der Waals surface area (Å²) in [5.41, 5.74) is 2.70. The fourth-order valence-electron chi connectivity index (χ4n) is 3.08. The van der Waals surface area contributed by atoms with Crippen LogP contribution in [0.2, 0.25) is 0 Å². The van der Waals surface area contributed by atoms with Crippen LogP contribution in [-0.2, 0) is 4.79 Å². The molecule has 0 unspecified atom stereocenters. The third-order valence-electron chi connectivity index (χ3n) is 4.66. The van der Waals surface area contributed by atoms with Crippen LogP contribution in [0.4, 0.5) is 0 Å². The summed E-state index contributed by atoms with van der Waals surface area (Å²) in [7, 11) is 0. The van der Waals surface area contributed by atoms with Gasteiger partial charge in [0.25, 0.3) is 5.91 Å². The standard InChI is InChI=1S/C22H27N5O2/c1-5-11-23-21(28)15(4)25-22(29)17-12-19(16-9-7-6-8-10-16)26-20-18(17)13-24-27(20)14(2)3/h6-10,12-15H,5,11H2,1-4H3,(H,23,28)(H,25,29)/t15-/m0/s1. The predicted octanol–water partition coefficient (Wildman–Crippen LogP) is 3.32. The van der Waals surface area contributed by atoms with Crippen molar-refractivity contribution in [2.75, 3.05) is 6.54 Å². The van der Waals surface area contributed by atoms with E-state index in [2.05, 4.69) is 15.7 Å². The van der Waals surface area contributed by atoms with Crippen LogP contribution in [-0.4, -0.2) is 39.2 Å². The lowest BCUT2D eigenvalue weighted by atomic mass is 10.1. The van der Waals surface area contributed by atoms with Crippen LogP contribution in [0.5, 0.6) is 0 Å². The van der Waals surface area contributed by atoms with Gasteiger partial charge >= 0.3 is 0 Å². The second-order valence-electron chi connectivity index (χ2n) is 7.33. The fraction of sp³-hybridized carbons (Fsp3) is 0.364. The molecule has 2 N–H and O–H groups in total. The molecule has 0 saturated heterocycles. The summed E-state index contributed by atoms with van der Waals surface area (Å²) in [5, 5.41) is 10.7. The highest BCUT2D eigenvalue weighted by molar-refractivity contribution is 6.07. The van der Waals surface area contributed by atoms with Crippen LogP contribution in [0, 0.1) is 0 Å². The van der Waals surface area contributed by atoms with Crippen molar-refractivity contribution in [1.29, 1.82) is 0 Å². The molecule has 152 valence electrons. The van der Waals surface area contributed by atoms with Crippen LogP contribution in [0.3, 0.4) is 0 Å². The zero-order valence-corrected chi connectivity index (χ0v) is 17.3. The van der Waals surface area contributed by atoms with Crippen LogP contribution >= 0.6 is 0 Å². The highest BCUT2D eigenvalue weighted by Gasteiger charge is 2.21. The summed E-state index contributed by atoms with van der Waals surface area (Å²) in [6, 6.07) is 10.9. The number of amides is 2. The maximum absolute atomic E-state index is 13.1. The summed E-state index contributed by atoms with van der Waals surface area (Å²) in [5.74, 6) is -0.524. The van der Waals surface area contributed by atoms with E-state index in [1.807, 2.05) is 51.1 Å². The van der Waals surface area contributed by atoms with Crippen molar-refractivity contribution in [3.63, 3.8) is 0 Å². The Hall–Kier alpha value is -3.22. The van der Waals surface area contributed by atoms with E-state index in [9.17, 15) is 9.59 Å². The van der Waals surface area contributed by atoms with E-state index in [1.54, 1.807) is 23.9 Å². The molecule has 0 aliphatic heterocycles. The number of aromatic nitrogens is 3. The van der Waals surface area contributed by atoms with Crippen molar-refractivity contribution >= 4 is 22.8 Å². The van der Waals surface area contributed by atoms with E-state index in [4.69, 9.17) is 4.98 Å². The molecule has 0 saturated carbocycles. The quantitative estimate of drug-likeness (QED) is 0.644. The monoisotopic (exact) mass is 393 g/mol. The molecule has 0 fully saturated rings. The van der Waals surface area contributed by atoms with Gasteiger partial charge in [0.15, 0.2) is 5.65 Å². The number of hydrogen-bond donors (Lipinski definition) is 2. The van der Waals surface area contributed by atoms with Gasteiger partial charge in [0.2, 0.25) is 5.91 Å². The van der Waals surface area contributed by atoms with Gasteiger partial charge in [-0.1, -0.05) is 37.3 Å². The lowest BCUT2D eigenvalue weighted by Gasteiger charge is -2.15. The Morgan fingerprint density at radius 2 is 1.86 bits per heavy atom. The molecule has 2 amide bonds. The van der Waals surface area contributed by atoms with Crippen LogP contribution in [0.25, 0.3) is 22.3 Å². The summed E-state index contributed by atoms with van der Waals surface area (Å²) in [6.45, 7) is 8.27. The van der Waals surface area contributed by atoms with E-state index >= 15 is 0 Å². The molecule has 0 aliphatic carbocycles. The van der Waals surface area contributed by atoms with E-state index in [0.29, 0.717) is 28.8 Å². The van der Waals surface area contributed by atoms with Gasteiger partial charge in [-0.15, -0.1) is 0 Å². The number of carbonyl (C=O) groups excluding carboxylic acids is 2. The molecule has 7 heteroatoms. The van der Waals surface area contributed by atoms with Crippen molar-refractivity contribution in [3.8, 4) is 11.3 Å². The van der Waals surface area contributed by atoms with E-state index < -0.39 is 6.04 Å². The first-order chi connectivity index (χ1) is 13.9. The van der Waals surface area contributed by atoms with Crippen LogP contribution in [0.1, 0.15) is 50.5 Å². The molecule has 0 spiro atoms. The van der Waals surface area contributed by atoms with Gasteiger partial charge in [0, 0.05) is 18.2 Å². The van der Waals surface area contributed by atoms with Crippen molar-refractivity contribution < 1.29 is 9.59 Å². The number of pyridine rings is 1. The Morgan fingerprint density at radius 1 is 1.14 bits per heavy atom. The number of carbonyl (C=O) groups is 2. The van der Waals surface area contributed by atoms with E-state index in [0.717, 1.165) is 12.0 Å². The average molecular weight is 393 g/mol. The zero-order chi connectivity index (χ0) is 21.0. The topological polar surface area (TPSA) is 88.9 Å². The van der Waals surface area contributed by atoms with Crippen LogP contribution < -0.4 is 10.6 Å². The molecule has 1 aromatic carbocycles. The number of nitrogens with one attached hydrogen (secondary N) is 2. The molecular weight excluding hydrogens is 366 g/mol. The first-order valence-corrected chi connectivity index (χ1v) is 9.94. The fourth-order valence-corrected chi connectivity index (χ4v) is 3.08. The molecule has 29 heavy (non-hydrogen) atoms. The highest BCUT2D eigenvalue weighted by atomic mass is 16.2. The largest absolute Gasteiger partial charge is 0.354 e. The molecule has 2 aromatic heterocycles. The molecule has 3 aromatic rings. The van der Waals surface area contributed by atoms with E-state index in [-0.39, 0.29) is 17.9 Å². The molecule has 2 heterocycles. The summed E-state index contributed by atoms with van der Waals surface area (Å²) in [6.07, 6.45) is 2.50. The minimum absolute atomic E-state index is 0.0979. The molecule has 0 radical (unpaired) electrons. The van der Waals surface area contributed by atoms with Gasteiger partial charge in [0.1, 0.15) is 6.04 Å². The van der Waals surface area contributed by atoms with Crippen LogP contribution in [0.15, 0.2) is 42.6 Å².